The van der Waals surface area contributed by atoms with Gasteiger partial charge in [0.1, 0.15) is 24.4 Å². The summed E-state index contributed by atoms with van der Waals surface area (Å²) in [7, 11) is 1.89. The number of likely N-dealkylation sites (tertiary alicyclic amines) is 2. The van der Waals surface area contributed by atoms with Crippen molar-refractivity contribution in [3.8, 4) is 23.1 Å². The Morgan fingerprint density at radius 1 is 1.23 bits per heavy atom. The van der Waals surface area contributed by atoms with Crippen molar-refractivity contribution in [2.24, 2.45) is 0 Å². The van der Waals surface area contributed by atoms with E-state index >= 15 is 0 Å². The van der Waals surface area contributed by atoms with Crippen molar-refractivity contribution in [3.05, 3.63) is 64.7 Å². The van der Waals surface area contributed by atoms with Crippen molar-refractivity contribution in [2.75, 3.05) is 38.2 Å². The Balaban J connectivity index is 1.34. The molecule has 1 aromatic heterocycles. The summed E-state index contributed by atoms with van der Waals surface area (Å²) < 4.78 is 20.4. The summed E-state index contributed by atoms with van der Waals surface area (Å²) in [4.78, 5) is 23.4. The average Bonchev–Trinajstić information content (AvgIpc) is 3.51. The number of halogens is 2. The molecule has 0 bridgehead atoms. The zero-order valence-corrected chi connectivity index (χ0v) is 25.1. The number of ether oxygens (including phenoxy) is 1. The summed E-state index contributed by atoms with van der Waals surface area (Å²) in [6.07, 6.45) is 6.09. The molecular formula is C34H35ClFN5O2. The van der Waals surface area contributed by atoms with E-state index in [1.54, 1.807) is 0 Å². The van der Waals surface area contributed by atoms with Crippen molar-refractivity contribution >= 4 is 34.1 Å². The van der Waals surface area contributed by atoms with Gasteiger partial charge in [-0.15, -0.1) is 0 Å². The predicted molar refractivity (Wildman–Crippen MR) is 166 cm³/mol. The van der Waals surface area contributed by atoms with Crippen LogP contribution in [0.4, 0.5) is 10.1 Å². The first-order valence-corrected chi connectivity index (χ1v) is 15.6. The number of aryl methyl sites for hydroxylation is 1. The SMILES string of the molecule is C=CC(=O)N1CC[C@@H]2[C@H]1CN2c1c(C#N)c(OC[C@@H]2C[C@@H](F)CN2C)nc2cc(-c3cccc4c3CCCC4)c(Cl)cc12. The molecule has 0 N–H and O–H groups in total. The van der Waals surface area contributed by atoms with Gasteiger partial charge in [-0.1, -0.05) is 36.4 Å². The third-order valence-corrected chi connectivity index (χ3v) is 10.2. The van der Waals surface area contributed by atoms with Crippen LogP contribution in [0.15, 0.2) is 43.0 Å². The third-order valence-electron chi connectivity index (χ3n) is 9.90. The van der Waals surface area contributed by atoms with E-state index in [4.69, 9.17) is 21.3 Å². The van der Waals surface area contributed by atoms with Crippen LogP contribution in [0.3, 0.4) is 0 Å². The summed E-state index contributed by atoms with van der Waals surface area (Å²) in [6, 6.07) is 12.8. The van der Waals surface area contributed by atoms with Crippen LogP contribution < -0.4 is 9.64 Å². The van der Waals surface area contributed by atoms with Crippen molar-refractivity contribution in [3.63, 3.8) is 0 Å². The molecule has 4 heterocycles. The van der Waals surface area contributed by atoms with Crippen molar-refractivity contribution in [2.45, 2.75) is 62.8 Å². The first-order valence-electron chi connectivity index (χ1n) is 15.2. The predicted octanol–water partition coefficient (Wildman–Crippen LogP) is 5.70. The summed E-state index contributed by atoms with van der Waals surface area (Å²) >= 11 is 7.06. The van der Waals surface area contributed by atoms with Gasteiger partial charge in [-0.3, -0.25) is 9.69 Å². The number of nitrogens with zero attached hydrogens (tertiary/aromatic N) is 5. The Bertz CT molecular complexity index is 1670. The number of carbonyl (C=O) groups is 1. The Kier molecular flexibility index (Phi) is 7.27. The van der Waals surface area contributed by atoms with E-state index in [1.165, 1.54) is 23.6 Å². The van der Waals surface area contributed by atoms with Crippen LogP contribution in [0.2, 0.25) is 5.02 Å². The molecule has 0 radical (unpaired) electrons. The Labute approximate surface area is 256 Å². The first kappa shape index (κ1) is 28.1. The van der Waals surface area contributed by atoms with E-state index in [9.17, 15) is 14.4 Å². The van der Waals surface area contributed by atoms with Crippen LogP contribution in [0.25, 0.3) is 22.0 Å². The minimum atomic E-state index is -0.891. The lowest BCUT2D eigenvalue weighted by Crippen LogP contribution is -2.63. The highest BCUT2D eigenvalue weighted by atomic mass is 35.5. The largest absolute Gasteiger partial charge is 0.475 e. The number of amides is 1. The van der Waals surface area contributed by atoms with Crippen LogP contribution in [0, 0.1) is 11.3 Å². The summed E-state index contributed by atoms with van der Waals surface area (Å²) in [5.41, 5.74) is 6.54. The number of alkyl halides is 1. The Hall–Kier alpha value is -3.67. The van der Waals surface area contributed by atoms with E-state index in [1.807, 2.05) is 29.0 Å². The quantitative estimate of drug-likeness (QED) is 0.338. The van der Waals surface area contributed by atoms with Crippen LogP contribution in [-0.4, -0.2) is 78.3 Å². The second-order valence-electron chi connectivity index (χ2n) is 12.3. The molecule has 0 saturated carbocycles. The van der Waals surface area contributed by atoms with Gasteiger partial charge < -0.3 is 14.5 Å². The minimum Gasteiger partial charge on any atom is -0.475 e. The molecule has 3 aromatic rings. The highest BCUT2D eigenvalue weighted by molar-refractivity contribution is 6.34. The van der Waals surface area contributed by atoms with Gasteiger partial charge in [-0.25, -0.2) is 9.37 Å². The maximum Gasteiger partial charge on any atom is 0.246 e. The smallest absolute Gasteiger partial charge is 0.246 e. The van der Waals surface area contributed by atoms with E-state index < -0.39 is 6.17 Å². The third kappa shape index (κ3) is 4.74. The highest BCUT2D eigenvalue weighted by Crippen LogP contribution is 2.46. The van der Waals surface area contributed by atoms with Gasteiger partial charge in [-0.2, -0.15) is 5.26 Å². The topological polar surface area (TPSA) is 72.7 Å². The lowest BCUT2D eigenvalue weighted by atomic mass is 9.85. The molecule has 0 unspecified atom stereocenters. The van der Waals surface area contributed by atoms with Gasteiger partial charge in [0.25, 0.3) is 0 Å². The van der Waals surface area contributed by atoms with Gasteiger partial charge in [0.2, 0.25) is 11.8 Å². The number of hydrogen-bond acceptors (Lipinski definition) is 6. The molecule has 2 aromatic carbocycles. The van der Waals surface area contributed by atoms with E-state index in [-0.39, 0.29) is 36.5 Å². The van der Waals surface area contributed by atoms with Crippen molar-refractivity contribution in [1.29, 1.82) is 5.26 Å². The molecule has 7 rings (SSSR count). The molecule has 9 heteroatoms. The molecule has 4 aliphatic rings. The molecule has 222 valence electrons. The fourth-order valence-corrected chi connectivity index (χ4v) is 7.90. The summed E-state index contributed by atoms with van der Waals surface area (Å²) in [6.45, 7) is 5.52. The minimum absolute atomic E-state index is 0.0591. The molecule has 3 saturated heterocycles. The first-order chi connectivity index (χ1) is 20.9. The van der Waals surface area contributed by atoms with Gasteiger partial charge >= 0.3 is 0 Å². The second-order valence-corrected chi connectivity index (χ2v) is 12.7. The highest BCUT2D eigenvalue weighted by Gasteiger charge is 2.49. The number of pyridine rings is 1. The van der Waals surface area contributed by atoms with E-state index in [0.717, 1.165) is 47.9 Å². The van der Waals surface area contributed by atoms with E-state index in [0.29, 0.717) is 42.2 Å². The van der Waals surface area contributed by atoms with Gasteiger partial charge in [-0.05, 0) is 80.5 Å². The van der Waals surface area contributed by atoms with Crippen LogP contribution in [0.1, 0.15) is 42.4 Å². The standard InChI is InChI=1S/C34H35ClFN5O2/c1-3-32(42)40-12-11-30-31(40)18-41(30)33-26-14-28(35)25(24-10-6-8-20-7-4-5-9-23(20)24)15-29(26)38-34(27(33)16-37)43-19-22-13-21(36)17-39(22)2/h3,6,8,10,14-15,21-22,30-31H,1,4-5,7,9,11-13,17-19H2,2H3/t21-,22+,30-,31-/m1/s1. The number of fused-ring (bicyclic) bond motifs is 3. The monoisotopic (exact) mass is 599 g/mol. The molecule has 3 aliphatic heterocycles. The number of benzene rings is 2. The van der Waals surface area contributed by atoms with Gasteiger partial charge in [0.05, 0.1) is 23.3 Å². The Morgan fingerprint density at radius 2 is 2.07 bits per heavy atom. The lowest BCUT2D eigenvalue weighted by molar-refractivity contribution is -0.127. The number of nitriles is 1. The Morgan fingerprint density at radius 3 is 2.84 bits per heavy atom. The second kappa shape index (κ2) is 11.1. The molecule has 3 fully saturated rings. The maximum absolute atomic E-state index is 14.1. The van der Waals surface area contributed by atoms with Crippen molar-refractivity contribution in [1.82, 2.24) is 14.8 Å². The van der Waals surface area contributed by atoms with Gasteiger partial charge in [0.15, 0.2) is 0 Å². The molecule has 0 spiro atoms. The fourth-order valence-electron chi connectivity index (χ4n) is 7.64. The number of hydrogen-bond donors (Lipinski definition) is 0. The zero-order chi connectivity index (χ0) is 29.8. The summed E-state index contributed by atoms with van der Waals surface area (Å²) in [5, 5.41) is 11.9. The molecule has 1 amide bonds. The molecule has 1 aliphatic carbocycles. The normalized spacial score (nSPS) is 24.8. The zero-order valence-electron chi connectivity index (χ0n) is 24.4. The van der Waals surface area contributed by atoms with Gasteiger partial charge in [0, 0.05) is 41.6 Å². The van der Waals surface area contributed by atoms with Crippen LogP contribution >= 0.6 is 11.6 Å². The van der Waals surface area contributed by atoms with Crippen LogP contribution in [0.5, 0.6) is 5.88 Å². The number of likely N-dealkylation sites (N-methyl/N-ethyl adjacent to an activating group) is 1. The maximum atomic E-state index is 14.1. The van der Waals surface area contributed by atoms with Crippen LogP contribution in [-0.2, 0) is 17.6 Å². The number of carbonyl (C=O) groups excluding carboxylic acids is 1. The number of rotatable bonds is 6. The molecular weight excluding hydrogens is 565 g/mol. The van der Waals surface area contributed by atoms with Crippen molar-refractivity contribution < 1.29 is 13.9 Å². The molecule has 4 atom stereocenters. The lowest BCUT2D eigenvalue weighted by Gasteiger charge is -2.48. The van der Waals surface area contributed by atoms with E-state index in [2.05, 4.69) is 35.7 Å². The average molecular weight is 600 g/mol. The summed E-state index contributed by atoms with van der Waals surface area (Å²) in [5.74, 6) is 0.187. The number of aromatic nitrogens is 1. The molecule has 43 heavy (non-hydrogen) atoms. The fraction of sp³-hybridized carbons (Fsp3) is 0.441. The molecule has 7 nitrogen and oxygen atoms in total. The number of anilines is 1.